The number of hydrogen-bond donors (Lipinski definition) is 4. The Morgan fingerprint density at radius 3 is 2.38 bits per heavy atom. The molecule has 2 fully saturated rings. The maximum absolute atomic E-state index is 12.3. The average Bonchev–Trinajstić information content (AvgIpc) is 2.82. The molecule has 2 bridgehead atoms. The van der Waals surface area contributed by atoms with Gasteiger partial charge < -0.3 is 10.0 Å². The lowest BCUT2D eigenvalue weighted by molar-refractivity contribution is -0.138. The third-order valence-electron chi connectivity index (χ3n) is 4.48. The summed E-state index contributed by atoms with van der Waals surface area (Å²) in [4.78, 5) is 41.8. The topological polar surface area (TPSA) is 212 Å². The number of fused-ring (bicyclic) bond motifs is 2. The Balaban J connectivity index is 1.84. The second kappa shape index (κ2) is 9.32. The van der Waals surface area contributed by atoms with Gasteiger partial charge in [0.25, 0.3) is 5.91 Å². The van der Waals surface area contributed by atoms with Gasteiger partial charge in [-0.05, 0) is 33.6 Å². The van der Waals surface area contributed by atoms with Crippen molar-refractivity contribution in [2.75, 3.05) is 19.7 Å². The molecule has 0 aliphatic carbocycles. The molecule has 2 rings (SSSR count). The van der Waals surface area contributed by atoms with Crippen molar-refractivity contribution in [3.63, 3.8) is 0 Å². The molecule has 0 spiro atoms. The van der Waals surface area contributed by atoms with E-state index >= 15 is 0 Å². The van der Waals surface area contributed by atoms with Crippen molar-refractivity contribution in [2.24, 2.45) is 0 Å². The predicted octanol–water partition coefficient (Wildman–Crippen LogP) is -1.35. The molecule has 2 atom stereocenters. The Hall–Kier alpha value is -2.25. The molecule has 0 aromatic carbocycles. The van der Waals surface area contributed by atoms with Crippen LogP contribution >= 0.6 is 0 Å². The van der Waals surface area contributed by atoms with Crippen molar-refractivity contribution >= 4 is 38.6 Å². The molecule has 4 N–H and O–H groups in total. The van der Waals surface area contributed by atoms with Gasteiger partial charge in [0.2, 0.25) is 0 Å². The van der Waals surface area contributed by atoms with Gasteiger partial charge in [0.05, 0.1) is 18.2 Å². The Bertz CT molecular complexity index is 962. The molecule has 32 heavy (non-hydrogen) atoms. The van der Waals surface area contributed by atoms with Crippen LogP contribution in [0.2, 0.25) is 0 Å². The van der Waals surface area contributed by atoms with E-state index in [9.17, 15) is 31.2 Å². The van der Waals surface area contributed by atoms with Gasteiger partial charge in [-0.2, -0.15) is 30.9 Å². The first-order valence-electron chi connectivity index (χ1n) is 9.26. The van der Waals surface area contributed by atoms with E-state index in [0.717, 1.165) is 4.90 Å². The Morgan fingerprint density at radius 2 is 1.84 bits per heavy atom. The van der Waals surface area contributed by atoms with Crippen LogP contribution in [0, 0.1) is 0 Å². The number of urea groups is 1. The second-order valence-electron chi connectivity index (χ2n) is 7.94. The fourth-order valence-corrected chi connectivity index (χ4v) is 5.12. The summed E-state index contributed by atoms with van der Waals surface area (Å²) in [6.07, 6.45) is -1.30. The minimum Gasteiger partial charge on any atom is -0.464 e. The highest BCUT2D eigenvalue weighted by molar-refractivity contribution is 7.87. The van der Waals surface area contributed by atoms with Crippen LogP contribution in [0.3, 0.4) is 0 Å². The fraction of sp³-hybridized carbons (Fsp3) is 0.786. The van der Waals surface area contributed by atoms with E-state index in [-0.39, 0.29) is 36.8 Å². The largest absolute Gasteiger partial charge is 0.464 e. The van der Waals surface area contributed by atoms with E-state index < -0.39 is 56.3 Å². The third kappa shape index (κ3) is 6.17. The van der Waals surface area contributed by atoms with Gasteiger partial charge in [0.1, 0.15) is 6.04 Å². The molecule has 2 saturated heterocycles. The van der Waals surface area contributed by atoms with Gasteiger partial charge >= 0.3 is 32.7 Å². The van der Waals surface area contributed by atoms with Gasteiger partial charge in [-0.15, -0.1) is 4.28 Å². The van der Waals surface area contributed by atoms with Gasteiger partial charge in [0, 0.05) is 13.1 Å². The zero-order valence-electron chi connectivity index (χ0n) is 17.4. The second-order valence-corrected chi connectivity index (χ2v) is 10.6. The minimum absolute atomic E-state index is 0.00986. The molecule has 2 aliphatic heterocycles. The first-order chi connectivity index (χ1) is 14.5. The molecule has 0 radical (unpaired) electrons. The number of piperidine rings is 1. The number of nitrogens with one attached hydrogen (secondary N) is 2. The Kier molecular flexibility index (Phi) is 7.57. The summed E-state index contributed by atoms with van der Waals surface area (Å²) < 4.78 is 61.4. The summed E-state index contributed by atoms with van der Waals surface area (Å²) in [5.41, 5.74) is 0.827. The van der Waals surface area contributed by atoms with Crippen LogP contribution in [-0.2, 0) is 34.5 Å². The lowest BCUT2D eigenvalue weighted by Gasteiger charge is -2.31. The van der Waals surface area contributed by atoms with Gasteiger partial charge in [-0.3, -0.25) is 14.2 Å². The van der Waals surface area contributed by atoms with Crippen LogP contribution in [0.4, 0.5) is 9.59 Å². The third-order valence-corrected chi connectivity index (χ3v) is 6.59. The number of nitrogens with zero attached hydrogens (tertiary/aromatic N) is 3. The Labute approximate surface area is 184 Å². The molecule has 2 heterocycles. The monoisotopic (exact) mass is 503 g/mol. The standard InChI is InChI=1S/C14H25N5O11S2/c1-14(2,3)19(13(22)23)31(24,25)15-6-7-29-16-11(20)10-5-4-9-8-17(10)12(21)18(9)30-32(26,27)28/h9-10,15H,4-8H2,1-3H3,(H,16,20)(H,22,23)(H,26,27,28)/t9-,10+/m1/s1. The minimum atomic E-state index is -4.91. The van der Waals surface area contributed by atoms with E-state index in [2.05, 4.69) is 9.76 Å². The maximum Gasteiger partial charge on any atom is 0.422 e. The quantitative estimate of drug-likeness (QED) is 0.164. The van der Waals surface area contributed by atoms with E-state index in [1.165, 1.54) is 20.8 Å². The zero-order chi connectivity index (χ0) is 24.5. The molecule has 4 amide bonds. The highest BCUT2D eigenvalue weighted by Crippen LogP contribution is 2.30. The van der Waals surface area contributed by atoms with E-state index in [0.29, 0.717) is 5.06 Å². The molecular weight excluding hydrogens is 478 g/mol. The van der Waals surface area contributed by atoms with E-state index in [4.69, 9.17) is 14.5 Å². The van der Waals surface area contributed by atoms with Crippen molar-refractivity contribution < 1.29 is 50.0 Å². The molecule has 2 aliphatic rings. The summed E-state index contributed by atoms with van der Waals surface area (Å²) in [6, 6.07) is -2.59. The summed E-state index contributed by atoms with van der Waals surface area (Å²) in [5.74, 6) is -0.741. The molecule has 0 aromatic heterocycles. The number of rotatable bonds is 9. The molecule has 16 nitrogen and oxygen atoms in total. The van der Waals surface area contributed by atoms with Gasteiger partial charge in [0.15, 0.2) is 0 Å². The molecule has 0 saturated carbocycles. The lowest BCUT2D eigenvalue weighted by atomic mass is 10.0. The highest BCUT2D eigenvalue weighted by Gasteiger charge is 2.49. The molecule has 18 heteroatoms. The van der Waals surface area contributed by atoms with Crippen LogP contribution < -0.4 is 10.2 Å². The van der Waals surface area contributed by atoms with Crippen LogP contribution in [0.5, 0.6) is 0 Å². The SMILES string of the molecule is CC(C)(C)N(C(=O)O)S(=O)(=O)NCCONC(=O)[C@@H]1CC[C@@H]2CN1C(=O)N2OS(=O)(=O)O. The number of amides is 4. The van der Waals surface area contributed by atoms with Crippen molar-refractivity contribution in [2.45, 2.75) is 51.2 Å². The van der Waals surface area contributed by atoms with Crippen LogP contribution in [-0.4, -0.2) is 96.1 Å². The van der Waals surface area contributed by atoms with E-state index in [1.54, 1.807) is 0 Å². The summed E-state index contributed by atoms with van der Waals surface area (Å²) in [6.45, 7) is 3.45. The first kappa shape index (κ1) is 26.0. The van der Waals surface area contributed by atoms with Crippen molar-refractivity contribution in [1.82, 2.24) is 24.5 Å². The molecular formula is C14H25N5O11S2. The number of carbonyl (C=O) groups is 3. The molecule has 184 valence electrons. The van der Waals surface area contributed by atoms with E-state index in [1.807, 2.05) is 4.72 Å². The normalized spacial score (nSPS) is 21.6. The highest BCUT2D eigenvalue weighted by atomic mass is 32.3. The van der Waals surface area contributed by atoms with Gasteiger partial charge in [-0.25, -0.2) is 15.1 Å². The molecule has 0 aromatic rings. The first-order valence-corrected chi connectivity index (χ1v) is 12.1. The number of hydroxylamine groups is 3. The lowest BCUT2D eigenvalue weighted by Crippen LogP contribution is -2.54. The number of hydrogen-bond acceptors (Lipinski definition) is 9. The summed E-state index contributed by atoms with van der Waals surface area (Å²) in [5, 5.41) is 9.63. The van der Waals surface area contributed by atoms with Gasteiger partial charge in [-0.1, -0.05) is 0 Å². The fourth-order valence-electron chi connectivity index (χ4n) is 3.33. The van der Waals surface area contributed by atoms with Crippen molar-refractivity contribution in [3.05, 3.63) is 0 Å². The maximum atomic E-state index is 12.3. The van der Waals surface area contributed by atoms with Crippen LogP contribution in [0.1, 0.15) is 33.6 Å². The average molecular weight is 504 g/mol. The predicted molar refractivity (Wildman–Crippen MR) is 104 cm³/mol. The number of carboxylic acid groups (broad SMARTS) is 1. The summed E-state index contributed by atoms with van der Waals surface area (Å²) >= 11 is 0. The summed E-state index contributed by atoms with van der Waals surface area (Å²) in [7, 11) is -9.30. The smallest absolute Gasteiger partial charge is 0.422 e. The molecule has 0 unspecified atom stereocenters. The van der Waals surface area contributed by atoms with Crippen molar-refractivity contribution in [1.29, 1.82) is 0 Å². The number of carbonyl (C=O) groups excluding carboxylic acids is 2. The van der Waals surface area contributed by atoms with Crippen molar-refractivity contribution in [3.8, 4) is 0 Å². The zero-order valence-corrected chi connectivity index (χ0v) is 19.1. The van der Waals surface area contributed by atoms with Crippen LogP contribution in [0.25, 0.3) is 0 Å². The van der Waals surface area contributed by atoms with Crippen LogP contribution in [0.15, 0.2) is 0 Å². The Morgan fingerprint density at radius 1 is 1.22 bits per heavy atom.